The SMILES string of the molecule is C=CCN(Cc1cnc(S(=O)(=O)Cc2ccccc2F)n1CC1CCCO1)S(=O)(=O)c1ccc(OC)cc1. The van der Waals surface area contributed by atoms with Gasteiger partial charge in [-0.05, 0) is 43.2 Å². The van der Waals surface area contributed by atoms with Crippen LogP contribution >= 0.6 is 0 Å². The standard InChI is InChI=1S/C26H30FN3O6S2/c1-3-14-29(38(33,34)24-12-10-22(35-2)11-13-24)17-21-16-28-26(30(21)18-23-8-6-15-36-23)37(31,32)19-20-7-4-5-9-25(20)27/h3-5,7,9-13,16,23H,1,6,8,14-15,17-19H2,2H3. The fourth-order valence-corrected chi connectivity index (χ4v) is 7.20. The molecule has 3 aromatic rings. The molecule has 1 fully saturated rings. The third-order valence-electron chi connectivity index (χ3n) is 6.26. The predicted molar refractivity (Wildman–Crippen MR) is 139 cm³/mol. The molecule has 0 bridgehead atoms. The summed E-state index contributed by atoms with van der Waals surface area (Å²) in [6, 6.07) is 11.6. The highest BCUT2D eigenvalue weighted by Crippen LogP contribution is 2.26. The van der Waals surface area contributed by atoms with E-state index in [1.54, 1.807) is 18.2 Å². The molecule has 1 unspecified atom stereocenters. The maximum absolute atomic E-state index is 14.3. The molecule has 2 heterocycles. The first-order valence-corrected chi connectivity index (χ1v) is 15.1. The number of methoxy groups -OCH3 is 1. The van der Waals surface area contributed by atoms with Crippen LogP contribution in [-0.4, -0.2) is 57.1 Å². The summed E-state index contributed by atoms with van der Waals surface area (Å²) < 4.78 is 81.6. The van der Waals surface area contributed by atoms with Crippen molar-refractivity contribution in [1.82, 2.24) is 13.9 Å². The fraction of sp³-hybridized carbons (Fsp3) is 0.346. The van der Waals surface area contributed by atoms with Gasteiger partial charge in [0.05, 0.1) is 48.8 Å². The largest absolute Gasteiger partial charge is 0.497 e. The van der Waals surface area contributed by atoms with Gasteiger partial charge >= 0.3 is 0 Å². The lowest BCUT2D eigenvalue weighted by atomic mass is 10.2. The van der Waals surface area contributed by atoms with E-state index in [4.69, 9.17) is 9.47 Å². The number of rotatable bonds is 12. The Labute approximate surface area is 222 Å². The lowest BCUT2D eigenvalue weighted by molar-refractivity contribution is 0.0938. The topological polar surface area (TPSA) is 108 Å². The first kappa shape index (κ1) is 28.0. The molecule has 38 heavy (non-hydrogen) atoms. The molecule has 1 aromatic heterocycles. The van der Waals surface area contributed by atoms with Gasteiger partial charge in [0.2, 0.25) is 25.0 Å². The zero-order chi connectivity index (χ0) is 27.3. The first-order chi connectivity index (χ1) is 18.2. The minimum Gasteiger partial charge on any atom is -0.497 e. The molecule has 1 atom stereocenters. The second-order valence-electron chi connectivity index (χ2n) is 8.89. The average molecular weight is 564 g/mol. The van der Waals surface area contributed by atoms with Crippen LogP contribution < -0.4 is 4.74 Å². The second kappa shape index (κ2) is 11.8. The molecule has 0 N–H and O–H groups in total. The van der Waals surface area contributed by atoms with Crippen LogP contribution in [-0.2, 0) is 43.4 Å². The van der Waals surface area contributed by atoms with Gasteiger partial charge in [-0.1, -0.05) is 24.3 Å². The number of hydrogen-bond donors (Lipinski definition) is 0. The van der Waals surface area contributed by atoms with Gasteiger partial charge in [0.25, 0.3) is 0 Å². The minimum absolute atomic E-state index is 0.0171. The van der Waals surface area contributed by atoms with Crippen molar-refractivity contribution < 1.29 is 30.7 Å². The Morgan fingerprint density at radius 2 is 1.92 bits per heavy atom. The van der Waals surface area contributed by atoms with E-state index in [0.717, 1.165) is 12.8 Å². The first-order valence-electron chi connectivity index (χ1n) is 12.0. The van der Waals surface area contributed by atoms with E-state index >= 15 is 0 Å². The van der Waals surface area contributed by atoms with Crippen LogP contribution in [0.1, 0.15) is 24.1 Å². The van der Waals surface area contributed by atoms with Gasteiger partial charge < -0.3 is 14.0 Å². The molecule has 0 aliphatic carbocycles. The molecule has 1 saturated heterocycles. The van der Waals surface area contributed by atoms with E-state index in [1.807, 2.05) is 0 Å². The Morgan fingerprint density at radius 3 is 2.55 bits per heavy atom. The Hall–Kier alpha value is -3.06. The number of imidazole rings is 1. The molecule has 0 radical (unpaired) electrons. The predicted octanol–water partition coefficient (Wildman–Crippen LogP) is 3.56. The van der Waals surface area contributed by atoms with Gasteiger partial charge in [0.15, 0.2) is 0 Å². The van der Waals surface area contributed by atoms with Crippen LogP contribution in [0.15, 0.2) is 77.4 Å². The highest BCUT2D eigenvalue weighted by Gasteiger charge is 2.30. The summed E-state index contributed by atoms with van der Waals surface area (Å²) in [5.74, 6) is -0.697. The smallest absolute Gasteiger partial charge is 0.243 e. The van der Waals surface area contributed by atoms with Crippen molar-refractivity contribution in [3.8, 4) is 5.75 Å². The lowest BCUT2D eigenvalue weighted by Gasteiger charge is -2.23. The highest BCUT2D eigenvalue weighted by molar-refractivity contribution is 7.90. The van der Waals surface area contributed by atoms with Crippen LogP contribution in [0.5, 0.6) is 5.75 Å². The maximum Gasteiger partial charge on any atom is 0.243 e. The van der Waals surface area contributed by atoms with Gasteiger partial charge in [0, 0.05) is 18.7 Å². The maximum atomic E-state index is 14.3. The highest BCUT2D eigenvalue weighted by atomic mass is 32.2. The molecule has 9 nitrogen and oxygen atoms in total. The third kappa shape index (κ3) is 6.15. The molecule has 0 spiro atoms. The second-order valence-corrected chi connectivity index (χ2v) is 12.7. The summed E-state index contributed by atoms with van der Waals surface area (Å²) >= 11 is 0. The summed E-state index contributed by atoms with van der Waals surface area (Å²) in [6.45, 7) is 4.24. The number of sulfone groups is 1. The van der Waals surface area contributed by atoms with E-state index in [1.165, 1.54) is 58.6 Å². The Bertz CT molecular complexity index is 1480. The van der Waals surface area contributed by atoms with Crippen molar-refractivity contribution in [2.45, 2.75) is 47.8 Å². The zero-order valence-electron chi connectivity index (χ0n) is 21.0. The Morgan fingerprint density at radius 1 is 1.18 bits per heavy atom. The van der Waals surface area contributed by atoms with Crippen molar-refractivity contribution in [3.05, 3.63) is 84.5 Å². The summed E-state index contributed by atoms with van der Waals surface area (Å²) in [4.78, 5) is 4.23. The Kier molecular flexibility index (Phi) is 8.66. The molecule has 204 valence electrons. The third-order valence-corrected chi connectivity index (χ3v) is 9.66. The number of aromatic nitrogens is 2. The quantitative estimate of drug-likeness (QED) is 0.310. The van der Waals surface area contributed by atoms with Crippen molar-refractivity contribution in [2.24, 2.45) is 0 Å². The van der Waals surface area contributed by atoms with Gasteiger partial charge in [-0.25, -0.2) is 26.2 Å². The van der Waals surface area contributed by atoms with Gasteiger partial charge in [-0.15, -0.1) is 6.58 Å². The normalized spacial score (nSPS) is 16.1. The van der Waals surface area contributed by atoms with Gasteiger partial charge in [-0.2, -0.15) is 4.31 Å². The van der Waals surface area contributed by atoms with E-state index in [9.17, 15) is 21.2 Å². The molecule has 4 rings (SSSR count). The molecule has 0 saturated carbocycles. The number of benzene rings is 2. The minimum atomic E-state index is -4.08. The summed E-state index contributed by atoms with van der Waals surface area (Å²) in [5.41, 5.74) is 0.391. The van der Waals surface area contributed by atoms with E-state index in [-0.39, 0.29) is 41.4 Å². The van der Waals surface area contributed by atoms with E-state index in [0.29, 0.717) is 18.1 Å². The number of ether oxygens (including phenoxy) is 2. The number of sulfonamides is 1. The molecule has 12 heteroatoms. The van der Waals surface area contributed by atoms with E-state index in [2.05, 4.69) is 11.6 Å². The van der Waals surface area contributed by atoms with Crippen LogP contribution in [0.4, 0.5) is 4.39 Å². The summed E-state index contributed by atoms with van der Waals surface area (Å²) in [6.07, 6.45) is 4.11. The number of halogens is 1. The summed E-state index contributed by atoms with van der Waals surface area (Å²) in [7, 11) is -6.57. The van der Waals surface area contributed by atoms with Gasteiger partial charge in [0.1, 0.15) is 11.6 Å². The number of nitrogens with zero attached hydrogens (tertiary/aromatic N) is 3. The lowest BCUT2D eigenvalue weighted by Crippen LogP contribution is -2.32. The monoisotopic (exact) mass is 563 g/mol. The van der Waals surface area contributed by atoms with Gasteiger partial charge in [-0.3, -0.25) is 0 Å². The molecular formula is C26H30FN3O6S2. The molecule has 1 aliphatic heterocycles. The fourth-order valence-electron chi connectivity index (χ4n) is 4.31. The zero-order valence-corrected chi connectivity index (χ0v) is 22.6. The number of hydrogen-bond acceptors (Lipinski definition) is 7. The van der Waals surface area contributed by atoms with Crippen molar-refractivity contribution >= 4 is 19.9 Å². The molecule has 0 amide bonds. The average Bonchev–Trinajstić information content (AvgIpc) is 3.56. The van der Waals surface area contributed by atoms with Crippen molar-refractivity contribution in [2.75, 3.05) is 20.3 Å². The van der Waals surface area contributed by atoms with Crippen LogP contribution in [0, 0.1) is 5.82 Å². The Balaban J connectivity index is 1.71. The van der Waals surface area contributed by atoms with Crippen LogP contribution in [0.3, 0.4) is 0 Å². The summed E-state index contributed by atoms with van der Waals surface area (Å²) in [5, 5.41) is -0.258. The molecule has 1 aliphatic rings. The van der Waals surface area contributed by atoms with E-state index < -0.39 is 31.4 Å². The van der Waals surface area contributed by atoms with Crippen LogP contribution in [0.2, 0.25) is 0 Å². The van der Waals surface area contributed by atoms with Crippen molar-refractivity contribution in [1.29, 1.82) is 0 Å². The molecule has 2 aromatic carbocycles. The van der Waals surface area contributed by atoms with Crippen molar-refractivity contribution in [3.63, 3.8) is 0 Å². The molecular weight excluding hydrogens is 533 g/mol. The van der Waals surface area contributed by atoms with Crippen LogP contribution in [0.25, 0.3) is 0 Å².